The molecule has 154 valence electrons. The summed E-state index contributed by atoms with van der Waals surface area (Å²) in [6.45, 7) is 1.83. The fourth-order valence-electron chi connectivity index (χ4n) is 6.21. The van der Waals surface area contributed by atoms with Crippen molar-refractivity contribution in [3.8, 4) is 0 Å². The van der Waals surface area contributed by atoms with Crippen molar-refractivity contribution in [3.63, 3.8) is 0 Å². The summed E-state index contributed by atoms with van der Waals surface area (Å²) in [5.41, 5.74) is -0.422. The minimum Gasteiger partial charge on any atom is -0.343 e. The van der Waals surface area contributed by atoms with Gasteiger partial charge in [0.2, 0.25) is 11.8 Å². The number of aryl methyl sites for hydroxylation is 1. The van der Waals surface area contributed by atoms with Crippen LogP contribution in [0.4, 0.5) is 0 Å². The monoisotopic (exact) mass is 421 g/mol. The minimum absolute atomic E-state index is 0.148. The fraction of sp³-hybridized carbons (Fsp3) is 0.857. The molecule has 2 bridgehead atoms. The summed E-state index contributed by atoms with van der Waals surface area (Å²) in [6, 6.07) is 0. The molecule has 0 radical (unpaired) electrons. The van der Waals surface area contributed by atoms with Crippen molar-refractivity contribution in [1.82, 2.24) is 15.5 Å². The van der Waals surface area contributed by atoms with Crippen LogP contribution in [0.2, 0.25) is 0 Å². The van der Waals surface area contributed by atoms with E-state index in [1.807, 2.05) is 6.92 Å². The maximum absolute atomic E-state index is 13.5. The normalized spacial score (nSPS) is 33.7. The maximum Gasteiger partial charge on any atom is 0.223 e. The van der Waals surface area contributed by atoms with Gasteiger partial charge in [-0.1, -0.05) is 30.8 Å². The van der Waals surface area contributed by atoms with Crippen LogP contribution >= 0.6 is 23.5 Å². The first kappa shape index (κ1) is 19.3. The van der Waals surface area contributed by atoms with Crippen molar-refractivity contribution < 1.29 is 9.32 Å². The number of thioether (sulfide) groups is 2. The molecule has 3 atom stereocenters. The highest BCUT2D eigenvalue weighted by molar-refractivity contribution is 8.21. The Morgan fingerprint density at radius 3 is 2.36 bits per heavy atom. The third-order valence-corrected chi connectivity index (χ3v) is 11.5. The lowest BCUT2D eigenvalue weighted by Gasteiger charge is -2.52. The lowest BCUT2D eigenvalue weighted by molar-refractivity contribution is -0.130. The van der Waals surface area contributed by atoms with Crippen LogP contribution in [0.3, 0.4) is 0 Å². The van der Waals surface area contributed by atoms with Gasteiger partial charge in [-0.25, -0.2) is 0 Å². The van der Waals surface area contributed by atoms with Crippen LogP contribution in [0.25, 0.3) is 0 Å². The molecule has 1 saturated heterocycles. The Balaban J connectivity index is 1.35. The van der Waals surface area contributed by atoms with Gasteiger partial charge in [0.25, 0.3) is 0 Å². The van der Waals surface area contributed by atoms with Crippen LogP contribution in [-0.2, 0) is 10.3 Å². The first-order valence-electron chi connectivity index (χ1n) is 11.0. The van der Waals surface area contributed by atoms with E-state index in [1.165, 1.54) is 37.2 Å². The van der Waals surface area contributed by atoms with Gasteiger partial charge in [0.05, 0.1) is 4.08 Å². The second kappa shape index (κ2) is 7.53. The van der Waals surface area contributed by atoms with Crippen LogP contribution in [0.5, 0.6) is 0 Å². The molecule has 1 aliphatic heterocycles. The van der Waals surface area contributed by atoms with Gasteiger partial charge in [0.15, 0.2) is 5.82 Å². The molecule has 7 heteroatoms. The van der Waals surface area contributed by atoms with E-state index in [-0.39, 0.29) is 11.8 Å². The number of rotatable bonds is 3. The van der Waals surface area contributed by atoms with Crippen molar-refractivity contribution in [1.29, 1.82) is 0 Å². The Labute approximate surface area is 175 Å². The molecule has 1 aromatic rings. The van der Waals surface area contributed by atoms with E-state index in [0.29, 0.717) is 27.6 Å². The van der Waals surface area contributed by atoms with Gasteiger partial charge in [0, 0.05) is 24.3 Å². The third-order valence-electron chi connectivity index (χ3n) is 7.52. The highest BCUT2D eigenvalue weighted by Gasteiger charge is 2.55. The molecule has 1 spiro atoms. The average Bonchev–Trinajstić information content (AvgIpc) is 3.32. The summed E-state index contributed by atoms with van der Waals surface area (Å²) in [4.78, 5) is 18.0. The zero-order chi connectivity index (χ0) is 19.2. The fourth-order valence-corrected chi connectivity index (χ4v) is 10.2. The molecule has 4 fully saturated rings. The smallest absolute Gasteiger partial charge is 0.223 e. The van der Waals surface area contributed by atoms with Gasteiger partial charge in [0.1, 0.15) is 5.54 Å². The summed E-state index contributed by atoms with van der Waals surface area (Å²) in [7, 11) is 0. The summed E-state index contributed by atoms with van der Waals surface area (Å²) >= 11 is 4.41. The van der Waals surface area contributed by atoms with Gasteiger partial charge in [-0.15, -0.1) is 23.5 Å². The Hall–Kier alpha value is -0.690. The second-order valence-electron chi connectivity index (χ2n) is 9.18. The number of carbonyl (C=O) groups is 1. The largest absolute Gasteiger partial charge is 0.343 e. The molecule has 5 nitrogen and oxygen atoms in total. The lowest BCUT2D eigenvalue weighted by atomic mass is 9.66. The summed E-state index contributed by atoms with van der Waals surface area (Å²) in [5, 5.41) is 7.68. The third kappa shape index (κ3) is 3.21. The topological polar surface area (TPSA) is 68.0 Å². The standard InChI is InChI=1S/C21H31N3O2S2/c1-14-22-19(24-26-14)20(8-3-2-4-9-20)23-18(25)15-12-16-6-5-7-17(13-15)21(16)27-10-11-28-21/h15-17H,2-13H2,1H3,(H,23,25)/t15?,16-,17+. The SMILES string of the molecule is Cc1nc(C2(NC(=O)C3C[C@H]4CCC[C@@H](C3)C43SCCS3)CCCCC2)no1. The van der Waals surface area contributed by atoms with Gasteiger partial charge in [-0.2, -0.15) is 4.98 Å². The Bertz CT molecular complexity index is 709. The molecule has 4 aliphatic rings. The average molecular weight is 422 g/mol. The van der Waals surface area contributed by atoms with E-state index < -0.39 is 5.54 Å². The van der Waals surface area contributed by atoms with E-state index in [0.717, 1.165) is 38.5 Å². The zero-order valence-electron chi connectivity index (χ0n) is 16.7. The number of aromatic nitrogens is 2. The van der Waals surface area contributed by atoms with E-state index in [9.17, 15) is 4.79 Å². The quantitative estimate of drug-likeness (QED) is 0.766. The zero-order valence-corrected chi connectivity index (χ0v) is 18.4. The predicted molar refractivity (Wildman–Crippen MR) is 113 cm³/mol. The van der Waals surface area contributed by atoms with Crippen LogP contribution in [-0.4, -0.2) is 31.6 Å². The van der Waals surface area contributed by atoms with E-state index >= 15 is 0 Å². The van der Waals surface area contributed by atoms with Gasteiger partial charge in [-0.05, 0) is 50.4 Å². The van der Waals surface area contributed by atoms with Crippen molar-refractivity contribution in [2.45, 2.75) is 80.7 Å². The molecule has 1 amide bonds. The lowest BCUT2D eigenvalue weighted by Crippen LogP contribution is -2.54. The van der Waals surface area contributed by atoms with Crippen LogP contribution in [0.15, 0.2) is 4.52 Å². The molecule has 0 aromatic carbocycles. The van der Waals surface area contributed by atoms with Gasteiger partial charge >= 0.3 is 0 Å². The van der Waals surface area contributed by atoms with E-state index in [1.54, 1.807) is 0 Å². The summed E-state index contributed by atoms with van der Waals surface area (Å²) in [5.74, 6) is 5.62. The first-order valence-corrected chi connectivity index (χ1v) is 13.0. The molecule has 2 heterocycles. The second-order valence-corrected chi connectivity index (χ2v) is 12.2. The molecule has 3 saturated carbocycles. The van der Waals surface area contributed by atoms with Crippen LogP contribution in [0.1, 0.15) is 75.9 Å². The van der Waals surface area contributed by atoms with Crippen molar-refractivity contribution in [2.24, 2.45) is 17.8 Å². The number of hydrogen-bond acceptors (Lipinski definition) is 6. The number of carbonyl (C=O) groups excluding carboxylic acids is 1. The van der Waals surface area contributed by atoms with Crippen molar-refractivity contribution >= 4 is 29.4 Å². The minimum atomic E-state index is -0.422. The van der Waals surface area contributed by atoms with Gasteiger partial charge in [-0.3, -0.25) is 4.79 Å². The molecule has 1 unspecified atom stereocenters. The molecule has 5 rings (SSSR count). The highest BCUT2D eigenvalue weighted by atomic mass is 32.2. The molecule has 3 aliphatic carbocycles. The molecule has 1 aromatic heterocycles. The first-order chi connectivity index (χ1) is 13.6. The highest BCUT2D eigenvalue weighted by Crippen LogP contribution is 2.64. The Morgan fingerprint density at radius 1 is 1.07 bits per heavy atom. The number of amides is 1. The predicted octanol–water partition coefficient (Wildman–Crippen LogP) is 4.66. The summed E-state index contributed by atoms with van der Waals surface area (Å²) < 4.78 is 5.69. The van der Waals surface area contributed by atoms with Gasteiger partial charge < -0.3 is 9.84 Å². The van der Waals surface area contributed by atoms with E-state index in [4.69, 9.17) is 4.52 Å². The number of hydrogen-bond donors (Lipinski definition) is 1. The van der Waals surface area contributed by atoms with Crippen molar-refractivity contribution in [3.05, 3.63) is 11.7 Å². The Kier molecular flexibility index (Phi) is 5.19. The number of nitrogens with one attached hydrogen (secondary N) is 1. The summed E-state index contributed by atoms with van der Waals surface area (Å²) in [6.07, 6.45) is 11.4. The van der Waals surface area contributed by atoms with Crippen molar-refractivity contribution in [2.75, 3.05) is 11.5 Å². The number of nitrogens with zero attached hydrogens (tertiary/aromatic N) is 2. The van der Waals surface area contributed by atoms with Crippen LogP contribution < -0.4 is 5.32 Å². The molecule has 1 N–H and O–H groups in total. The van der Waals surface area contributed by atoms with E-state index in [2.05, 4.69) is 39.0 Å². The molecular weight excluding hydrogens is 390 g/mol. The van der Waals surface area contributed by atoms with Crippen LogP contribution in [0, 0.1) is 24.7 Å². The Morgan fingerprint density at radius 2 is 1.75 bits per heavy atom. The maximum atomic E-state index is 13.5. The molecule has 28 heavy (non-hydrogen) atoms. The molecular formula is C21H31N3O2S2.